The summed E-state index contributed by atoms with van der Waals surface area (Å²) in [7, 11) is 2.17. The number of rotatable bonds is 4. The van der Waals surface area contributed by atoms with Gasteiger partial charge in [0, 0.05) is 19.3 Å². The van der Waals surface area contributed by atoms with Crippen LogP contribution in [0.15, 0.2) is 18.5 Å². The number of piperidine rings is 1. The van der Waals surface area contributed by atoms with Crippen LogP contribution >= 0.6 is 0 Å². The fourth-order valence-corrected chi connectivity index (χ4v) is 2.41. The molecule has 0 spiro atoms. The van der Waals surface area contributed by atoms with Crippen molar-refractivity contribution in [1.82, 2.24) is 15.2 Å². The van der Waals surface area contributed by atoms with Gasteiger partial charge in [-0.1, -0.05) is 0 Å². The van der Waals surface area contributed by atoms with E-state index in [2.05, 4.69) is 22.2 Å². The van der Waals surface area contributed by atoms with Crippen molar-refractivity contribution in [2.45, 2.75) is 19.4 Å². The van der Waals surface area contributed by atoms with Gasteiger partial charge in [-0.25, -0.2) is 4.39 Å². The molecule has 0 aromatic carbocycles. The molecule has 2 rings (SSSR count). The van der Waals surface area contributed by atoms with Crippen LogP contribution in [0, 0.1) is 11.7 Å². The van der Waals surface area contributed by atoms with Gasteiger partial charge in [-0.2, -0.15) is 0 Å². The molecule has 1 unspecified atom stereocenters. The van der Waals surface area contributed by atoms with Crippen molar-refractivity contribution in [3.63, 3.8) is 0 Å². The molecule has 1 fully saturated rings. The summed E-state index contributed by atoms with van der Waals surface area (Å²) in [6.07, 6.45) is 5.52. The Balaban J connectivity index is 1.72. The molecular formula is C13H20FN3. The summed E-state index contributed by atoms with van der Waals surface area (Å²) in [6.45, 7) is 4.07. The summed E-state index contributed by atoms with van der Waals surface area (Å²) in [6, 6.07) is 1.53. The Kier molecular flexibility index (Phi) is 4.45. The Hall–Kier alpha value is -1.00. The monoisotopic (exact) mass is 237 g/mol. The van der Waals surface area contributed by atoms with Crippen LogP contribution in [0.3, 0.4) is 0 Å². The number of hydrogen-bond acceptors (Lipinski definition) is 3. The molecule has 1 aliphatic rings. The first-order valence-corrected chi connectivity index (χ1v) is 6.23. The van der Waals surface area contributed by atoms with Crippen LogP contribution in [-0.4, -0.2) is 36.6 Å². The quantitative estimate of drug-likeness (QED) is 0.863. The lowest BCUT2D eigenvalue weighted by atomic mass is 9.98. The zero-order chi connectivity index (χ0) is 12.1. The highest BCUT2D eigenvalue weighted by atomic mass is 19.1. The topological polar surface area (TPSA) is 28.2 Å². The van der Waals surface area contributed by atoms with E-state index in [9.17, 15) is 4.39 Å². The first-order valence-electron chi connectivity index (χ1n) is 6.23. The van der Waals surface area contributed by atoms with E-state index in [1.165, 1.54) is 31.6 Å². The summed E-state index contributed by atoms with van der Waals surface area (Å²) in [5.41, 5.74) is 0.911. The lowest BCUT2D eigenvalue weighted by Crippen LogP contribution is -2.37. The van der Waals surface area contributed by atoms with E-state index >= 15 is 0 Å². The third-order valence-corrected chi connectivity index (χ3v) is 3.25. The van der Waals surface area contributed by atoms with E-state index in [0.29, 0.717) is 6.54 Å². The zero-order valence-corrected chi connectivity index (χ0v) is 10.3. The van der Waals surface area contributed by atoms with E-state index in [1.54, 1.807) is 6.20 Å². The van der Waals surface area contributed by atoms with Crippen molar-refractivity contribution in [3.05, 3.63) is 29.8 Å². The highest BCUT2D eigenvalue weighted by molar-refractivity contribution is 5.09. The molecule has 17 heavy (non-hydrogen) atoms. The number of hydrogen-bond donors (Lipinski definition) is 1. The van der Waals surface area contributed by atoms with E-state index in [1.807, 2.05) is 0 Å². The molecule has 1 aromatic heterocycles. The zero-order valence-electron chi connectivity index (χ0n) is 10.3. The van der Waals surface area contributed by atoms with Gasteiger partial charge in [0.15, 0.2) is 0 Å². The predicted octanol–water partition coefficient (Wildman–Crippen LogP) is 1.65. The predicted molar refractivity (Wildman–Crippen MR) is 66.1 cm³/mol. The second-order valence-electron chi connectivity index (χ2n) is 4.91. The Morgan fingerprint density at radius 1 is 1.53 bits per heavy atom. The molecule has 0 aliphatic carbocycles. The Bertz CT molecular complexity index is 356. The van der Waals surface area contributed by atoms with Crippen LogP contribution in [0.1, 0.15) is 18.4 Å². The molecule has 1 aromatic rings. The average Bonchev–Trinajstić information content (AvgIpc) is 2.29. The maximum atomic E-state index is 12.9. The molecule has 1 saturated heterocycles. The smallest absolute Gasteiger partial charge is 0.141 e. The summed E-state index contributed by atoms with van der Waals surface area (Å²) in [4.78, 5) is 6.21. The van der Waals surface area contributed by atoms with Gasteiger partial charge in [0.1, 0.15) is 5.82 Å². The van der Waals surface area contributed by atoms with Gasteiger partial charge in [-0.3, -0.25) is 4.98 Å². The molecule has 0 bridgehead atoms. The highest BCUT2D eigenvalue weighted by Crippen LogP contribution is 2.14. The Morgan fingerprint density at radius 2 is 2.41 bits per heavy atom. The number of pyridine rings is 1. The van der Waals surface area contributed by atoms with Gasteiger partial charge < -0.3 is 10.2 Å². The summed E-state index contributed by atoms with van der Waals surface area (Å²) >= 11 is 0. The van der Waals surface area contributed by atoms with Gasteiger partial charge in [-0.15, -0.1) is 0 Å². The maximum absolute atomic E-state index is 12.9. The van der Waals surface area contributed by atoms with Crippen molar-refractivity contribution < 1.29 is 4.39 Å². The molecule has 1 atom stereocenters. The molecular weight excluding hydrogens is 217 g/mol. The van der Waals surface area contributed by atoms with Crippen LogP contribution in [0.4, 0.5) is 4.39 Å². The van der Waals surface area contributed by atoms with Crippen molar-refractivity contribution in [1.29, 1.82) is 0 Å². The summed E-state index contributed by atoms with van der Waals surface area (Å²) < 4.78 is 12.9. The van der Waals surface area contributed by atoms with E-state index in [4.69, 9.17) is 0 Å². The number of halogens is 1. The molecule has 1 aliphatic heterocycles. The Morgan fingerprint density at radius 3 is 3.18 bits per heavy atom. The molecule has 2 heterocycles. The van der Waals surface area contributed by atoms with Crippen LogP contribution in [-0.2, 0) is 6.54 Å². The van der Waals surface area contributed by atoms with Crippen molar-refractivity contribution in [3.8, 4) is 0 Å². The normalized spacial score (nSPS) is 21.6. The molecule has 0 amide bonds. The lowest BCUT2D eigenvalue weighted by molar-refractivity contribution is 0.206. The number of aromatic nitrogens is 1. The van der Waals surface area contributed by atoms with Gasteiger partial charge >= 0.3 is 0 Å². The Labute approximate surface area is 102 Å². The minimum absolute atomic E-state index is 0.262. The van der Waals surface area contributed by atoms with Crippen LogP contribution in [0.5, 0.6) is 0 Å². The average molecular weight is 237 g/mol. The molecule has 4 heteroatoms. The second kappa shape index (κ2) is 6.07. The largest absolute Gasteiger partial charge is 0.312 e. The van der Waals surface area contributed by atoms with E-state index < -0.39 is 0 Å². The summed E-state index contributed by atoms with van der Waals surface area (Å²) in [5, 5.41) is 3.39. The number of likely N-dealkylation sites (tertiary alicyclic amines) is 1. The van der Waals surface area contributed by atoms with Crippen molar-refractivity contribution in [2.75, 3.05) is 26.7 Å². The third kappa shape index (κ3) is 4.06. The molecule has 3 nitrogen and oxygen atoms in total. The molecule has 0 saturated carbocycles. The molecule has 1 N–H and O–H groups in total. The van der Waals surface area contributed by atoms with Crippen molar-refractivity contribution in [2.24, 2.45) is 5.92 Å². The van der Waals surface area contributed by atoms with Gasteiger partial charge in [0.25, 0.3) is 0 Å². The van der Waals surface area contributed by atoms with Crippen molar-refractivity contribution >= 4 is 0 Å². The fraction of sp³-hybridized carbons (Fsp3) is 0.615. The van der Waals surface area contributed by atoms with Gasteiger partial charge in [0.05, 0.1) is 6.20 Å². The number of nitrogens with zero attached hydrogens (tertiary/aromatic N) is 2. The van der Waals surface area contributed by atoms with Gasteiger partial charge in [0.2, 0.25) is 0 Å². The third-order valence-electron chi connectivity index (χ3n) is 3.25. The first kappa shape index (κ1) is 12.5. The molecule has 0 radical (unpaired) electrons. The SMILES string of the molecule is CN1CCCC(CNCc2cncc(F)c2)C1. The minimum atomic E-state index is -0.262. The van der Waals surface area contributed by atoms with Crippen LogP contribution in [0.2, 0.25) is 0 Å². The standard InChI is InChI=1S/C13H20FN3/c1-17-4-2-3-11(10-17)6-15-7-12-5-13(14)9-16-8-12/h5,8-9,11,15H,2-4,6-7,10H2,1H3. The van der Waals surface area contributed by atoms with Crippen LogP contribution < -0.4 is 5.32 Å². The summed E-state index contributed by atoms with van der Waals surface area (Å²) in [5.74, 6) is 0.456. The fourth-order valence-electron chi connectivity index (χ4n) is 2.41. The second-order valence-corrected chi connectivity index (χ2v) is 4.91. The molecule has 94 valence electrons. The maximum Gasteiger partial charge on any atom is 0.141 e. The minimum Gasteiger partial charge on any atom is -0.312 e. The van der Waals surface area contributed by atoms with Gasteiger partial charge in [-0.05, 0) is 50.5 Å². The van der Waals surface area contributed by atoms with Crippen LogP contribution in [0.25, 0.3) is 0 Å². The lowest BCUT2D eigenvalue weighted by Gasteiger charge is -2.29. The van der Waals surface area contributed by atoms with E-state index in [-0.39, 0.29) is 5.82 Å². The highest BCUT2D eigenvalue weighted by Gasteiger charge is 2.16. The van der Waals surface area contributed by atoms with E-state index in [0.717, 1.165) is 24.6 Å². The first-order chi connectivity index (χ1) is 8.24. The number of nitrogens with one attached hydrogen (secondary N) is 1.